The van der Waals surface area contributed by atoms with Crippen LogP contribution in [-0.2, 0) is 123 Å². The Morgan fingerprint density at radius 3 is 0.390 bits per heavy atom. The van der Waals surface area contributed by atoms with E-state index in [4.69, 9.17) is 30.6 Å². The summed E-state index contributed by atoms with van der Waals surface area (Å²) in [7, 11) is 0. The number of hydrogen-bond donors (Lipinski definition) is 6. The molecule has 0 aliphatic rings. The summed E-state index contributed by atoms with van der Waals surface area (Å²) in [6.45, 7) is -0.250. The first-order valence-corrected chi connectivity index (χ1v) is 13.6. The number of aliphatic hydroxyl groups is 6. The van der Waals surface area contributed by atoms with E-state index in [0.29, 0.717) is 0 Å². The minimum atomic E-state index is -2.97. The van der Waals surface area contributed by atoms with Gasteiger partial charge in [-0.1, -0.05) is 0 Å². The van der Waals surface area contributed by atoms with Gasteiger partial charge in [0, 0.05) is 99.1 Å². The van der Waals surface area contributed by atoms with Crippen molar-refractivity contribution in [3.8, 4) is 0 Å². The van der Waals surface area contributed by atoms with Gasteiger partial charge in [-0.05, 0) is 0 Å². The molecule has 0 radical (unpaired) electrons. The molecule has 0 aromatic heterocycles. The molecular formula is C26H26O30Ti3. The maximum Gasteiger partial charge on any atom is 4.00 e. The van der Waals surface area contributed by atoms with Crippen LogP contribution in [0.2, 0.25) is 0 Å². The Kier molecular flexibility index (Phi) is 42.1. The minimum absolute atomic E-state index is 0. The molecule has 0 bridgehead atoms. The number of aliphatic carboxylic acids is 12. The fourth-order valence-corrected chi connectivity index (χ4v) is 2.74. The van der Waals surface area contributed by atoms with Crippen LogP contribution in [0.15, 0.2) is 0 Å². The Bertz CT molecular complexity index is 1170. The van der Waals surface area contributed by atoms with Crippen LogP contribution in [0, 0.1) is 0 Å². The molecule has 0 aromatic carbocycles. The van der Waals surface area contributed by atoms with Crippen molar-refractivity contribution in [1.29, 1.82) is 0 Å². The van der Waals surface area contributed by atoms with Crippen molar-refractivity contribution in [2.75, 3.05) is 13.2 Å². The second kappa shape index (κ2) is 34.4. The van der Waals surface area contributed by atoms with E-state index in [1.165, 1.54) is 0 Å². The largest absolute Gasteiger partial charge is 4.00 e. The summed E-state index contributed by atoms with van der Waals surface area (Å²) in [6.07, 6.45) is -10.9. The Balaban J connectivity index is -0.0000000933. The summed E-state index contributed by atoms with van der Waals surface area (Å²) in [5, 5.41) is 171. The van der Waals surface area contributed by atoms with Crippen LogP contribution in [0.3, 0.4) is 0 Å². The van der Waals surface area contributed by atoms with Gasteiger partial charge in [0.25, 0.3) is 0 Å². The van der Waals surface area contributed by atoms with Crippen molar-refractivity contribution in [3.05, 3.63) is 0 Å². The summed E-state index contributed by atoms with van der Waals surface area (Å²) in [5.41, 5.74) is -11.9. The number of carboxylic acids is 12. The van der Waals surface area contributed by atoms with E-state index in [1.807, 2.05) is 0 Å². The molecule has 0 aromatic rings. The van der Waals surface area contributed by atoms with Gasteiger partial charge in [0.2, 0.25) is 0 Å². The maximum absolute atomic E-state index is 10.1. The molecule has 30 nitrogen and oxygen atoms in total. The SMILES string of the molecule is O=C([O-])CC(O)(CC(=O)[O-])C(=O)[O-].O=C([O-])CC(O)(CC(=O)[O-])C(=O)[O-].O=C([O-])CC(O)(CC(=O)[O-])C(=O)[O-].O=C([O-])CC(O)(CC(=O)[O-])C(=O)[O-].OCCO.[Ti+4].[Ti+4].[Ti+4]. The Hall–Kier alpha value is -4.46. The number of hydrogen-bond acceptors (Lipinski definition) is 30. The van der Waals surface area contributed by atoms with Crippen molar-refractivity contribution in [3.63, 3.8) is 0 Å². The Morgan fingerprint density at radius 1 is 0.271 bits per heavy atom. The third kappa shape index (κ3) is 38.8. The molecule has 0 fully saturated rings. The quantitative estimate of drug-likeness (QED) is 0.0582. The summed E-state index contributed by atoms with van der Waals surface area (Å²) in [5.74, 6) is -23.9. The van der Waals surface area contributed by atoms with Crippen LogP contribution in [0.25, 0.3) is 0 Å². The van der Waals surface area contributed by atoms with Gasteiger partial charge >= 0.3 is 65.2 Å². The predicted molar refractivity (Wildman–Crippen MR) is 131 cm³/mol. The molecule has 0 aliphatic carbocycles. The predicted octanol–water partition coefficient (Wildman–Crippen LogP) is -22.0. The fraction of sp³-hybridized carbons (Fsp3) is 0.538. The average molecular weight is 962 g/mol. The summed E-state index contributed by atoms with van der Waals surface area (Å²) in [6, 6.07) is 0. The molecular weight excluding hydrogens is 936 g/mol. The molecule has 0 aliphatic heterocycles. The van der Waals surface area contributed by atoms with Gasteiger partial charge in [0.05, 0.1) is 37.1 Å². The zero-order chi connectivity index (χ0) is 46.0. The van der Waals surface area contributed by atoms with E-state index in [9.17, 15) is 119 Å². The summed E-state index contributed by atoms with van der Waals surface area (Å²) >= 11 is 0. The molecule has 0 saturated heterocycles. The standard InChI is InChI=1S/4C6H8O7.C2H6O2.3Ti/c4*7-3(8)1-6(13,5(11)12)2-4(9)10;3-1-2-4;;;/h4*13H,1-2H2,(H,7,8)(H,9,10)(H,11,12);3-4H,1-2H2;;;/q;;;;;3*+4/p-12. The third-order valence-electron chi connectivity index (χ3n) is 5.11. The molecule has 33 heteroatoms. The first-order chi connectivity index (χ1) is 25.0. The van der Waals surface area contributed by atoms with Gasteiger partial charge in [0.15, 0.2) is 0 Å². The number of carbonyl (C=O) groups excluding carboxylic acids is 12. The molecule has 0 amide bonds. The summed E-state index contributed by atoms with van der Waals surface area (Å²) in [4.78, 5) is 120. The van der Waals surface area contributed by atoms with Crippen LogP contribution < -0.4 is 61.3 Å². The van der Waals surface area contributed by atoms with Crippen molar-refractivity contribution in [1.82, 2.24) is 0 Å². The van der Waals surface area contributed by atoms with E-state index < -0.39 is 145 Å². The van der Waals surface area contributed by atoms with Gasteiger partial charge in [0.1, 0.15) is 22.4 Å². The smallest absolute Gasteiger partial charge is 0.550 e. The van der Waals surface area contributed by atoms with Gasteiger partial charge in [-0.15, -0.1) is 0 Å². The number of carboxylic acid groups (broad SMARTS) is 12. The molecule has 0 heterocycles. The zero-order valence-corrected chi connectivity index (χ0v) is 33.7. The molecule has 0 atom stereocenters. The molecule has 0 saturated carbocycles. The number of rotatable bonds is 21. The second-order valence-corrected chi connectivity index (χ2v) is 10.1. The van der Waals surface area contributed by atoms with Crippen molar-refractivity contribution >= 4 is 71.6 Å². The van der Waals surface area contributed by atoms with Crippen LogP contribution in [0.1, 0.15) is 51.4 Å². The maximum atomic E-state index is 10.1. The summed E-state index contributed by atoms with van der Waals surface area (Å²) < 4.78 is 0. The van der Waals surface area contributed by atoms with E-state index in [2.05, 4.69) is 0 Å². The van der Waals surface area contributed by atoms with Crippen LogP contribution >= 0.6 is 0 Å². The van der Waals surface area contributed by atoms with E-state index in [1.54, 1.807) is 0 Å². The van der Waals surface area contributed by atoms with E-state index in [0.717, 1.165) is 0 Å². The van der Waals surface area contributed by atoms with Crippen molar-refractivity contribution < 1.29 is 215 Å². The second-order valence-electron chi connectivity index (χ2n) is 10.1. The van der Waals surface area contributed by atoms with Gasteiger partial charge in [-0.25, -0.2) is 0 Å². The number of aliphatic hydroxyl groups excluding tert-OH is 2. The topological polar surface area (TPSA) is 603 Å². The molecule has 322 valence electrons. The van der Waals surface area contributed by atoms with Gasteiger partial charge in [-0.3, -0.25) is 0 Å². The van der Waals surface area contributed by atoms with Crippen LogP contribution in [0.4, 0.5) is 0 Å². The van der Waals surface area contributed by atoms with E-state index in [-0.39, 0.29) is 78.4 Å². The first kappa shape index (κ1) is 72.2. The molecule has 0 spiro atoms. The normalized spacial score (nSPS) is 10.1. The third-order valence-corrected chi connectivity index (χ3v) is 5.11. The Labute approximate surface area is 371 Å². The van der Waals surface area contributed by atoms with Crippen molar-refractivity contribution in [2.24, 2.45) is 0 Å². The Morgan fingerprint density at radius 2 is 0.356 bits per heavy atom. The fourth-order valence-electron chi connectivity index (χ4n) is 2.74. The molecule has 0 unspecified atom stereocenters. The van der Waals surface area contributed by atoms with Crippen molar-refractivity contribution in [2.45, 2.75) is 73.8 Å². The monoisotopic (exact) mass is 962 g/mol. The minimum Gasteiger partial charge on any atom is -0.550 e. The van der Waals surface area contributed by atoms with Crippen LogP contribution in [-0.4, -0.2) is 138 Å². The zero-order valence-electron chi connectivity index (χ0n) is 29.1. The van der Waals surface area contributed by atoms with Crippen LogP contribution in [0.5, 0.6) is 0 Å². The average Bonchev–Trinajstić information content (AvgIpc) is 2.94. The first-order valence-electron chi connectivity index (χ1n) is 13.6. The van der Waals surface area contributed by atoms with Gasteiger partial charge < -0.3 is 149 Å². The molecule has 0 rings (SSSR count). The molecule has 59 heavy (non-hydrogen) atoms. The van der Waals surface area contributed by atoms with Gasteiger partial charge in [-0.2, -0.15) is 0 Å². The van der Waals surface area contributed by atoms with E-state index >= 15 is 0 Å². The molecule has 6 N–H and O–H groups in total. The number of carbonyl (C=O) groups is 12.